The fourth-order valence-corrected chi connectivity index (χ4v) is 3.01. The van der Waals surface area contributed by atoms with E-state index in [1.165, 1.54) is 12.8 Å². The van der Waals surface area contributed by atoms with E-state index in [0.29, 0.717) is 17.6 Å². The Labute approximate surface area is 126 Å². The maximum atomic E-state index is 12.8. The van der Waals surface area contributed by atoms with Gasteiger partial charge in [-0.1, -0.05) is 12.5 Å². The average molecular weight is 288 g/mol. The summed E-state index contributed by atoms with van der Waals surface area (Å²) >= 11 is 0. The molecule has 2 fully saturated rings. The van der Waals surface area contributed by atoms with Gasteiger partial charge >= 0.3 is 0 Å². The molecule has 4 heteroatoms. The van der Waals surface area contributed by atoms with Gasteiger partial charge in [0.1, 0.15) is 5.75 Å². The molecule has 2 N–H and O–H groups in total. The lowest BCUT2D eigenvalue weighted by molar-refractivity contribution is 0.0717. The lowest BCUT2D eigenvalue weighted by Crippen LogP contribution is -2.46. The first kappa shape index (κ1) is 14.4. The maximum absolute atomic E-state index is 12.8. The standard InChI is InChI=1S/C17H24N2O2/c1-12-5-6-13(10-16(12)20)17(21)19(15-7-8-15)11-14-4-2-3-9-18-14/h5-6,10,14-15,18,20H,2-4,7-9,11H2,1H3. The number of amides is 1. The number of nitrogens with one attached hydrogen (secondary N) is 1. The molecule has 2 aliphatic rings. The second kappa shape index (κ2) is 6.06. The van der Waals surface area contributed by atoms with Crippen LogP contribution in [-0.4, -0.2) is 41.1 Å². The number of phenols is 1. The number of benzene rings is 1. The van der Waals surface area contributed by atoms with Crippen LogP contribution in [0.1, 0.15) is 48.0 Å². The molecule has 1 aromatic rings. The summed E-state index contributed by atoms with van der Waals surface area (Å²) in [5.41, 5.74) is 1.40. The zero-order valence-corrected chi connectivity index (χ0v) is 12.6. The minimum absolute atomic E-state index is 0.0557. The van der Waals surface area contributed by atoms with Gasteiger partial charge in [-0.2, -0.15) is 0 Å². The summed E-state index contributed by atoms with van der Waals surface area (Å²) in [6.07, 6.45) is 5.84. The van der Waals surface area contributed by atoms with Gasteiger partial charge in [-0.05, 0) is 56.8 Å². The van der Waals surface area contributed by atoms with E-state index in [0.717, 1.165) is 37.9 Å². The normalized spacial score (nSPS) is 22.0. The molecule has 0 bridgehead atoms. The zero-order valence-electron chi connectivity index (χ0n) is 12.6. The number of carbonyl (C=O) groups excluding carboxylic acids is 1. The molecule has 1 aromatic carbocycles. The van der Waals surface area contributed by atoms with Gasteiger partial charge < -0.3 is 15.3 Å². The lowest BCUT2D eigenvalue weighted by Gasteiger charge is -2.31. The summed E-state index contributed by atoms with van der Waals surface area (Å²) in [6.45, 7) is 3.69. The number of piperidine rings is 1. The molecule has 1 unspecified atom stereocenters. The Morgan fingerprint density at radius 3 is 2.76 bits per heavy atom. The third-order valence-corrected chi connectivity index (χ3v) is 4.53. The van der Waals surface area contributed by atoms with Crippen LogP contribution in [0.25, 0.3) is 0 Å². The second-order valence-electron chi connectivity index (χ2n) is 6.34. The van der Waals surface area contributed by atoms with Crippen molar-refractivity contribution in [2.75, 3.05) is 13.1 Å². The van der Waals surface area contributed by atoms with E-state index < -0.39 is 0 Å². The van der Waals surface area contributed by atoms with Crippen molar-refractivity contribution < 1.29 is 9.90 Å². The molecular weight excluding hydrogens is 264 g/mol. The van der Waals surface area contributed by atoms with Gasteiger partial charge in [0, 0.05) is 24.2 Å². The SMILES string of the molecule is Cc1ccc(C(=O)N(CC2CCCCN2)C2CC2)cc1O. The van der Waals surface area contributed by atoms with Crippen LogP contribution in [0.15, 0.2) is 18.2 Å². The zero-order chi connectivity index (χ0) is 14.8. The highest BCUT2D eigenvalue weighted by atomic mass is 16.3. The van der Waals surface area contributed by atoms with E-state index in [1.54, 1.807) is 6.07 Å². The van der Waals surface area contributed by atoms with Gasteiger partial charge in [-0.25, -0.2) is 0 Å². The van der Waals surface area contributed by atoms with Crippen LogP contribution in [0, 0.1) is 6.92 Å². The van der Waals surface area contributed by atoms with E-state index in [2.05, 4.69) is 5.32 Å². The van der Waals surface area contributed by atoms with Gasteiger partial charge in [0.15, 0.2) is 0 Å². The number of aromatic hydroxyl groups is 1. The van der Waals surface area contributed by atoms with Crippen molar-refractivity contribution in [1.29, 1.82) is 0 Å². The van der Waals surface area contributed by atoms with Crippen molar-refractivity contribution in [3.63, 3.8) is 0 Å². The molecule has 1 aliphatic heterocycles. The predicted octanol–water partition coefficient (Wildman–Crippen LogP) is 2.45. The largest absolute Gasteiger partial charge is 0.508 e. The third kappa shape index (κ3) is 3.38. The number of hydrogen-bond acceptors (Lipinski definition) is 3. The number of phenolic OH excluding ortho intramolecular Hbond substituents is 1. The molecule has 1 saturated heterocycles. The summed E-state index contributed by atoms with van der Waals surface area (Å²) in [4.78, 5) is 14.8. The molecule has 0 aromatic heterocycles. The molecular formula is C17H24N2O2. The van der Waals surface area contributed by atoms with Crippen LogP contribution in [0.4, 0.5) is 0 Å². The monoisotopic (exact) mass is 288 g/mol. The van der Waals surface area contributed by atoms with E-state index in [1.807, 2.05) is 24.0 Å². The minimum atomic E-state index is 0.0557. The molecule has 0 spiro atoms. The van der Waals surface area contributed by atoms with Gasteiger partial charge in [0.2, 0.25) is 0 Å². The van der Waals surface area contributed by atoms with Crippen molar-refractivity contribution in [3.8, 4) is 5.75 Å². The fraction of sp³-hybridized carbons (Fsp3) is 0.588. The molecule has 1 heterocycles. The Bertz CT molecular complexity index is 520. The first-order valence-electron chi connectivity index (χ1n) is 7.99. The number of aryl methyl sites for hydroxylation is 1. The van der Waals surface area contributed by atoms with Gasteiger partial charge in [-0.3, -0.25) is 4.79 Å². The van der Waals surface area contributed by atoms with Crippen molar-refractivity contribution in [2.45, 2.75) is 51.1 Å². The van der Waals surface area contributed by atoms with Crippen LogP contribution >= 0.6 is 0 Å². The molecule has 3 rings (SSSR count). The van der Waals surface area contributed by atoms with Crippen LogP contribution in [0.2, 0.25) is 0 Å². The van der Waals surface area contributed by atoms with Gasteiger partial charge in [0.05, 0.1) is 0 Å². The van der Waals surface area contributed by atoms with Crippen LogP contribution in [0.5, 0.6) is 5.75 Å². The molecule has 1 atom stereocenters. The van der Waals surface area contributed by atoms with Gasteiger partial charge in [0.25, 0.3) is 5.91 Å². The average Bonchev–Trinajstić information content (AvgIpc) is 3.33. The summed E-state index contributed by atoms with van der Waals surface area (Å²) in [7, 11) is 0. The predicted molar refractivity (Wildman–Crippen MR) is 82.5 cm³/mol. The summed E-state index contributed by atoms with van der Waals surface area (Å²) in [6, 6.07) is 6.04. The minimum Gasteiger partial charge on any atom is -0.508 e. The molecule has 1 saturated carbocycles. The quantitative estimate of drug-likeness (QED) is 0.895. The molecule has 1 aliphatic carbocycles. The highest BCUT2D eigenvalue weighted by Gasteiger charge is 2.34. The molecule has 114 valence electrons. The molecule has 1 amide bonds. The van der Waals surface area contributed by atoms with Crippen LogP contribution in [0.3, 0.4) is 0 Å². The first-order chi connectivity index (χ1) is 10.1. The van der Waals surface area contributed by atoms with Crippen molar-refractivity contribution in [1.82, 2.24) is 10.2 Å². The van der Waals surface area contributed by atoms with Crippen molar-refractivity contribution >= 4 is 5.91 Å². The van der Waals surface area contributed by atoms with Crippen molar-refractivity contribution in [2.24, 2.45) is 0 Å². The Hall–Kier alpha value is -1.55. The topological polar surface area (TPSA) is 52.6 Å². The maximum Gasteiger partial charge on any atom is 0.254 e. The number of hydrogen-bond donors (Lipinski definition) is 2. The Balaban J connectivity index is 1.73. The summed E-state index contributed by atoms with van der Waals surface area (Å²) < 4.78 is 0. The fourth-order valence-electron chi connectivity index (χ4n) is 3.01. The second-order valence-corrected chi connectivity index (χ2v) is 6.34. The molecule has 0 radical (unpaired) electrons. The van der Waals surface area contributed by atoms with Crippen LogP contribution in [-0.2, 0) is 0 Å². The highest BCUT2D eigenvalue weighted by Crippen LogP contribution is 2.30. The molecule has 21 heavy (non-hydrogen) atoms. The van der Waals surface area contributed by atoms with E-state index >= 15 is 0 Å². The van der Waals surface area contributed by atoms with E-state index in [-0.39, 0.29) is 11.7 Å². The summed E-state index contributed by atoms with van der Waals surface area (Å²) in [5, 5.41) is 13.3. The Kier molecular flexibility index (Phi) is 4.15. The lowest BCUT2D eigenvalue weighted by atomic mass is 10.0. The molecule has 4 nitrogen and oxygen atoms in total. The van der Waals surface area contributed by atoms with Crippen molar-refractivity contribution in [3.05, 3.63) is 29.3 Å². The van der Waals surface area contributed by atoms with Crippen LogP contribution < -0.4 is 5.32 Å². The third-order valence-electron chi connectivity index (χ3n) is 4.53. The summed E-state index contributed by atoms with van der Waals surface area (Å²) in [5.74, 6) is 0.257. The Morgan fingerprint density at radius 2 is 2.14 bits per heavy atom. The van der Waals surface area contributed by atoms with Gasteiger partial charge in [-0.15, -0.1) is 0 Å². The number of rotatable bonds is 4. The van der Waals surface area contributed by atoms with E-state index in [9.17, 15) is 9.90 Å². The number of nitrogens with zero attached hydrogens (tertiary/aromatic N) is 1. The Morgan fingerprint density at radius 1 is 1.33 bits per heavy atom. The smallest absolute Gasteiger partial charge is 0.254 e. The highest BCUT2D eigenvalue weighted by molar-refractivity contribution is 5.95. The first-order valence-corrected chi connectivity index (χ1v) is 7.99. The number of carbonyl (C=O) groups is 1. The van der Waals surface area contributed by atoms with E-state index in [4.69, 9.17) is 0 Å².